The monoisotopic (exact) mass is 562 g/mol. The summed E-state index contributed by atoms with van der Waals surface area (Å²) in [7, 11) is 1.48. The van der Waals surface area contributed by atoms with E-state index in [2.05, 4.69) is 42.1 Å². The highest BCUT2D eigenvalue weighted by Crippen LogP contribution is 2.30. The summed E-state index contributed by atoms with van der Waals surface area (Å²) in [4.78, 5) is 38.3. The summed E-state index contributed by atoms with van der Waals surface area (Å²) in [6.07, 6.45) is 3.09. The first kappa shape index (κ1) is 28.9. The number of nitroso groups, excluding NO2 is 1. The lowest BCUT2D eigenvalue weighted by Crippen LogP contribution is -2.58. The molecule has 4 rings (SSSR count). The number of amides is 1. The number of methoxy groups -OCH3 is 1. The van der Waals surface area contributed by atoms with Crippen molar-refractivity contribution in [3.8, 4) is 5.75 Å². The van der Waals surface area contributed by atoms with Gasteiger partial charge in [0.05, 0.1) is 13.7 Å². The minimum atomic E-state index is -0.543. The molecule has 1 atom stereocenters. The Bertz CT molecular complexity index is 1160. The van der Waals surface area contributed by atoms with Crippen LogP contribution in [0.25, 0.3) is 0 Å². The van der Waals surface area contributed by atoms with Gasteiger partial charge in [-0.05, 0) is 50.0 Å². The van der Waals surface area contributed by atoms with Gasteiger partial charge in [-0.1, -0.05) is 29.8 Å². The summed E-state index contributed by atoms with van der Waals surface area (Å²) in [5, 5.41) is 5.37. The van der Waals surface area contributed by atoms with Crippen LogP contribution in [-0.2, 0) is 6.54 Å². The molecule has 0 aliphatic carbocycles. The summed E-state index contributed by atoms with van der Waals surface area (Å²) in [5.74, 6) is -0.138. The van der Waals surface area contributed by atoms with Crippen molar-refractivity contribution in [2.45, 2.75) is 44.8 Å². The largest absolute Gasteiger partial charge is 0.494 e. The predicted molar refractivity (Wildman–Crippen MR) is 149 cm³/mol. The second-order valence-corrected chi connectivity index (χ2v) is 10.3. The highest BCUT2D eigenvalue weighted by Gasteiger charge is 2.34. The number of anilines is 2. The van der Waals surface area contributed by atoms with Crippen LogP contribution in [0, 0.1) is 10.7 Å². The lowest BCUT2D eigenvalue weighted by Gasteiger charge is -2.47. The van der Waals surface area contributed by atoms with Crippen molar-refractivity contribution in [3.63, 3.8) is 0 Å². The van der Waals surface area contributed by atoms with Crippen LogP contribution in [0.3, 0.4) is 0 Å². The first-order chi connectivity index (χ1) is 18.8. The van der Waals surface area contributed by atoms with Crippen molar-refractivity contribution in [1.82, 2.24) is 25.1 Å². The maximum absolute atomic E-state index is 13.8. The fourth-order valence-corrected chi connectivity index (χ4v) is 5.71. The number of carbonyl (C=O) groups excluding carboxylic acids is 1. The van der Waals surface area contributed by atoms with Gasteiger partial charge in [-0.25, -0.2) is 14.4 Å². The summed E-state index contributed by atoms with van der Waals surface area (Å²) >= 11 is 6.46. The maximum atomic E-state index is 13.8. The Morgan fingerprint density at radius 2 is 2.03 bits per heavy atom. The smallest absolute Gasteiger partial charge is 0.273 e. The number of aromatic nitrogens is 2. The Morgan fingerprint density at radius 3 is 2.72 bits per heavy atom. The molecule has 2 aliphatic rings. The first-order valence-corrected chi connectivity index (χ1v) is 13.7. The van der Waals surface area contributed by atoms with E-state index in [1.807, 2.05) is 6.07 Å². The third-order valence-corrected chi connectivity index (χ3v) is 7.77. The SMILES string of the molecule is CCC1CN(c2nc(N)c(C(=O)NCCN=O)nc2Cl)CCN1C1CCN(Cc2ccc(F)c(OC)c2)CC1. The van der Waals surface area contributed by atoms with Gasteiger partial charge in [-0.3, -0.25) is 14.6 Å². The lowest BCUT2D eigenvalue weighted by molar-refractivity contribution is 0.0610. The molecule has 1 amide bonds. The number of nitrogens with one attached hydrogen (secondary N) is 1. The number of halogens is 2. The molecule has 2 aliphatic heterocycles. The Labute approximate surface area is 232 Å². The van der Waals surface area contributed by atoms with Gasteiger partial charge in [-0.15, -0.1) is 0 Å². The molecule has 2 aromatic rings. The van der Waals surface area contributed by atoms with E-state index in [4.69, 9.17) is 22.1 Å². The Balaban J connectivity index is 1.34. The van der Waals surface area contributed by atoms with Gasteiger partial charge in [0.25, 0.3) is 5.91 Å². The van der Waals surface area contributed by atoms with Crippen molar-refractivity contribution < 1.29 is 13.9 Å². The average Bonchev–Trinajstić information content (AvgIpc) is 2.95. The van der Waals surface area contributed by atoms with Crippen LogP contribution in [0.1, 0.15) is 42.2 Å². The van der Waals surface area contributed by atoms with Crippen molar-refractivity contribution >= 4 is 29.1 Å². The Kier molecular flexibility index (Phi) is 9.87. The Morgan fingerprint density at radius 1 is 1.26 bits per heavy atom. The van der Waals surface area contributed by atoms with Crippen molar-refractivity contribution in [3.05, 3.63) is 45.3 Å². The molecule has 11 nitrogen and oxygen atoms in total. The number of benzene rings is 1. The molecular weight excluding hydrogens is 527 g/mol. The summed E-state index contributed by atoms with van der Waals surface area (Å²) in [6, 6.07) is 5.86. The third kappa shape index (κ3) is 6.92. The zero-order valence-electron chi connectivity index (χ0n) is 22.4. The molecule has 3 N–H and O–H groups in total. The van der Waals surface area contributed by atoms with Gasteiger partial charge in [0.15, 0.2) is 34.0 Å². The van der Waals surface area contributed by atoms with E-state index < -0.39 is 5.91 Å². The molecule has 0 bridgehead atoms. The van der Waals surface area contributed by atoms with E-state index in [1.54, 1.807) is 6.07 Å². The number of nitrogens with zero attached hydrogens (tertiary/aromatic N) is 6. The van der Waals surface area contributed by atoms with E-state index in [1.165, 1.54) is 13.2 Å². The lowest BCUT2D eigenvalue weighted by atomic mass is 9.98. The van der Waals surface area contributed by atoms with Crippen molar-refractivity contribution in [2.24, 2.45) is 5.18 Å². The standard InChI is InChI=1S/C26H36ClFN8O3/c1-3-18-16-35(25-23(27)32-22(24(29)33-25)26(37)30-8-9-31-38)12-13-36(18)19-6-10-34(11-7-19)15-17-4-5-20(28)21(14-17)39-2/h4-5,14,18-19H,3,6-13,15-16H2,1-2H3,(H2,29,33)(H,30,37). The van der Waals surface area contributed by atoms with E-state index in [0.717, 1.165) is 64.1 Å². The van der Waals surface area contributed by atoms with Gasteiger partial charge in [0, 0.05) is 44.8 Å². The number of nitrogen functional groups attached to an aromatic ring is 1. The molecule has 2 fully saturated rings. The number of nitrogens with two attached hydrogens (primary N) is 1. The summed E-state index contributed by atoms with van der Waals surface area (Å²) in [6.45, 7) is 7.25. The van der Waals surface area contributed by atoms with Gasteiger partial charge in [0.1, 0.15) is 0 Å². The minimum absolute atomic E-state index is 0.00686. The number of rotatable bonds is 10. The topological polar surface area (TPSA) is 129 Å². The fraction of sp³-hybridized carbons (Fsp3) is 0.577. The fourth-order valence-electron chi connectivity index (χ4n) is 5.46. The molecule has 0 saturated carbocycles. The number of piperazine rings is 1. The molecule has 1 aromatic carbocycles. The predicted octanol–water partition coefficient (Wildman–Crippen LogP) is 2.92. The first-order valence-electron chi connectivity index (χ1n) is 13.3. The van der Waals surface area contributed by atoms with E-state index in [9.17, 15) is 14.1 Å². The van der Waals surface area contributed by atoms with Gasteiger partial charge in [-0.2, -0.15) is 4.91 Å². The van der Waals surface area contributed by atoms with Crippen LogP contribution >= 0.6 is 11.6 Å². The van der Waals surface area contributed by atoms with E-state index in [0.29, 0.717) is 17.9 Å². The zero-order valence-corrected chi connectivity index (χ0v) is 23.2. The molecule has 1 aromatic heterocycles. The van der Waals surface area contributed by atoms with Gasteiger partial charge >= 0.3 is 0 Å². The Hall–Kier alpha value is -3.09. The quantitative estimate of drug-likeness (QED) is 0.331. The normalized spacial score (nSPS) is 19.2. The summed E-state index contributed by atoms with van der Waals surface area (Å²) in [5.41, 5.74) is 7.04. The van der Waals surface area contributed by atoms with Crippen LogP contribution in [0.4, 0.5) is 16.0 Å². The van der Waals surface area contributed by atoms with Crippen LogP contribution in [0.15, 0.2) is 23.4 Å². The number of piperidine rings is 1. The second-order valence-electron chi connectivity index (χ2n) is 9.90. The molecule has 212 valence electrons. The number of hydrogen-bond donors (Lipinski definition) is 2. The van der Waals surface area contributed by atoms with Gasteiger partial charge < -0.3 is 20.7 Å². The molecule has 2 saturated heterocycles. The zero-order chi connectivity index (χ0) is 27.9. The van der Waals surface area contributed by atoms with Crippen LogP contribution in [0.2, 0.25) is 5.15 Å². The number of likely N-dealkylation sites (tertiary alicyclic amines) is 1. The second kappa shape index (κ2) is 13.3. The molecule has 13 heteroatoms. The number of carbonyl (C=O) groups is 1. The highest BCUT2D eigenvalue weighted by molar-refractivity contribution is 6.32. The number of hydrogen-bond acceptors (Lipinski definition) is 10. The highest BCUT2D eigenvalue weighted by atomic mass is 35.5. The molecule has 39 heavy (non-hydrogen) atoms. The van der Waals surface area contributed by atoms with Crippen molar-refractivity contribution in [1.29, 1.82) is 0 Å². The third-order valence-electron chi connectivity index (χ3n) is 7.51. The molecule has 3 heterocycles. The summed E-state index contributed by atoms with van der Waals surface area (Å²) < 4.78 is 18.9. The molecule has 0 radical (unpaired) electrons. The van der Waals surface area contributed by atoms with Crippen molar-refractivity contribution in [2.75, 3.05) is 63.6 Å². The number of ether oxygens (including phenoxy) is 1. The van der Waals surface area contributed by atoms with E-state index >= 15 is 0 Å². The van der Waals surface area contributed by atoms with Gasteiger partial charge in [0.2, 0.25) is 0 Å². The average molecular weight is 563 g/mol. The molecule has 1 unspecified atom stereocenters. The molecular formula is C26H36ClFN8O3. The van der Waals surface area contributed by atoms with Crippen LogP contribution in [-0.4, -0.2) is 90.7 Å². The molecule has 0 spiro atoms. The maximum Gasteiger partial charge on any atom is 0.273 e. The van der Waals surface area contributed by atoms with E-state index in [-0.39, 0.29) is 41.3 Å². The minimum Gasteiger partial charge on any atom is -0.494 e. The van der Waals surface area contributed by atoms with Crippen LogP contribution in [0.5, 0.6) is 5.75 Å². The van der Waals surface area contributed by atoms with Crippen LogP contribution < -0.4 is 20.7 Å².